The predicted octanol–water partition coefficient (Wildman–Crippen LogP) is 3.45. The Balaban J connectivity index is 1.59. The molecule has 0 aliphatic carbocycles. The minimum atomic E-state index is -0.365. The van der Waals surface area contributed by atoms with E-state index in [1.54, 1.807) is 24.3 Å². The van der Waals surface area contributed by atoms with Crippen molar-refractivity contribution in [2.75, 3.05) is 6.54 Å². The molecule has 4 nitrogen and oxygen atoms in total. The highest BCUT2D eigenvalue weighted by Gasteiger charge is 2.13. The van der Waals surface area contributed by atoms with Crippen LogP contribution in [0.2, 0.25) is 0 Å². The summed E-state index contributed by atoms with van der Waals surface area (Å²) in [5.41, 5.74) is 2.04. The molecule has 0 saturated carbocycles. The first-order chi connectivity index (χ1) is 11.2. The highest BCUT2D eigenvalue weighted by molar-refractivity contribution is 5.92. The average Bonchev–Trinajstić information content (AvgIpc) is 3.07. The lowest BCUT2D eigenvalue weighted by atomic mass is 10.1. The molecule has 5 heteroatoms. The molecular formula is C18H15FN2O2. The van der Waals surface area contributed by atoms with Crippen LogP contribution >= 0.6 is 0 Å². The Hall–Kier alpha value is -2.95. The van der Waals surface area contributed by atoms with Gasteiger partial charge < -0.3 is 9.84 Å². The first-order valence-corrected chi connectivity index (χ1v) is 7.28. The van der Waals surface area contributed by atoms with Crippen LogP contribution in [0.25, 0.3) is 11.3 Å². The monoisotopic (exact) mass is 310 g/mol. The molecule has 3 rings (SSSR count). The largest absolute Gasteiger partial charge is 0.350 e. The fourth-order valence-corrected chi connectivity index (χ4v) is 2.23. The van der Waals surface area contributed by atoms with Gasteiger partial charge in [0.25, 0.3) is 5.91 Å². The number of nitrogens with one attached hydrogen (secondary N) is 1. The molecule has 0 radical (unpaired) electrons. The van der Waals surface area contributed by atoms with Gasteiger partial charge in [-0.05, 0) is 18.1 Å². The van der Waals surface area contributed by atoms with Crippen LogP contribution in [-0.4, -0.2) is 17.6 Å². The van der Waals surface area contributed by atoms with Crippen LogP contribution in [0.5, 0.6) is 0 Å². The summed E-state index contributed by atoms with van der Waals surface area (Å²) in [6, 6.07) is 17.5. The van der Waals surface area contributed by atoms with E-state index >= 15 is 0 Å². The molecule has 0 bridgehead atoms. The topological polar surface area (TPSA) is 55.1 Å². The Bertz CT molecular complexity index is 800. The number of hydrogen-bond acceptors (Lipinski definition) is 3. The van der Waals surface area contributed by atoms with E-state index in [-0.39, 0.29) is 17.5 Å². The van der Waals surface area contributed by atoms with Gasteiger partial charge in [0, 0.05) is 18.2 Å². The third-order valence-electron chi connectivity index (χ3n) is 3.44. The molecule has 0 saturated heterocycles. The van der Waals surface area contributed by atoms with Gasteiger partial charge in [-0.2, -0.15) is 0 Å². The number of amides is 1. The second kappa shape index (κ2) is 6.87. The Morgan fingerprint density at radius 2 is 1.83 bits per heavy atom. The molecule has 2 aromatic carbocycles. The van der Waals surface area contributed by atoms with E-state index in [2.05, 4.69) is 10.5 Å². The SMILES string of the molecule is O=C(NCCc1ccccc1F)c1cc(-c2ccccc2)no1. The quantitative estimate of drug-likeness (QED) is 0.785. The van der Waals surface area contributed by atoms with Crippen LogP contribution < -0.4 is 5.32 Å². The van der Waals surface area contributed by atoms with E-state index in [9.17, 15) is 9.18 Å². The van der Waals surface area contributed by atoms with Crippen LogP contribution in [0, 0.1) is 5.82 Å². The highest BCUT2D eigenvalue weighted by atomic mass is 19.1. The van der Waals surface area contributed by atoms with Gasteiger partial charge in [0.1, 0.15) is 11.5 Å². The van der Waals surface area contributed by atoms with E-state index in [0.29, 0.717) is 24.2 Å². The van der Waals surface area contributed by atoms with Gasteiger partial charge in [-0.3, -0.25) is 4.79 Å². The molecule has 116 valence electrons. The molecule has 1 amide bonds. The minimum Gasteiger partial charge on any atom is -0.350 e. The molecule has 0 aliphatic heterocycles. The fraction of sp³-hybridized carbons (Fsp3) is 0.111. The number of aromatic nitrogens is 1. The van der Waals surface area contributed by atoms with Gasteiger partial charge in [-0.25, -0.2) is 4.39 Å². The van der Waals surface area contributed by atoms with Gasteiger partial charge in [-0.1, -0.05) is 53.7 Å². The molecule has 23 heavy (non-hydrogen) atoms. The number of rotatable bonds is 5. The Kier molecular flexibility index (Phi) is 4.47. The highest BCUT2D eigenvalue weighted by Crippen LogP contribution is 2.18. The molecule has 0 aliphatic rings. The first-order valence-electron chi connectivity index (χ1n) is 7.28. The summed E-state index contributed by atoms with van der Waals surface area (Å²) in [6.45, 7) is 0.321. The second-order valence-corrected chi connectivity index (χ2v) is 5.04. The number of hydrogen-bond donors (Lipinski definition) is 1. The predicted molar refractivity (Wildman–Crippen MR) is 84.4 cm³/mol. The zero-order chi connectivity index (χ0) is 16.1. The number of nitrogens with zero attached hydrogens (tertiary/aromatic N) is 1. The molecule has 1 aromatic heterocycles. The van der Waals surface area contributed by atoms with Gasteiger partial charge in [0.15, 0.2) is 0 Å². The zero-order valence-electron chi connectivity index (χ0n) is 12.3. The summed E-state index contributed by atoms with van der Waals surface area (Å²) >= 11 is 0. The second-order valence-electron chi connectivity index (χ2n) is 5.04. The summed E-state index contributed by atoms with van der Waals surface area (Å²) in [5, 5.41) is 6.59. The van der Waals surface area contributed by atoms with Gasteiger partial charge in [0.2, 0.25) is 5.76 Å². The fourth-order valence-electron chi connectivity index (χ4n) is 2.23. The Labute approximate surface area is 132 Å². The molecule has 0 unspecified atom stereocenters. The van der Waals surface area contributed by atoms with Gasteiger partial charge >= 0.3 is 0 Å². The third kappa shape index (κ3) is 3.63. The molecule has 0 atom stereocenters. The summed E-state index contributed by atoms with van der Waals surface area (Å²) in [5.74, 6) is -0.499. The van der Waals surface area contributed by atoms with E-state index in [4.69, 9.17) is 4.52 Å². The molecule has 1 heterocycles. The minimum absolute atomic E-state index is 0.136. The summed E-state index contributed by atoms with van der Waals surface area (Å²) in [6.07, 6.45) is 0.415. The average molecular weight is 310 g/mol. The van der Waals surface area contributed by atoms with Crippen LogP contribution in [-0.2, 0) is 6.42 Å². The maximum Gasteiger partial charge on any atom is 0.289 e. The summed E-state index contributed by atoms with van der Waals surface area (Å²) in [7, 11) is 0. The zero-order valence-corrected chi connectivity index (χ0v) is 12.3. The molecule has 0 fully saturated rings. The van der Waals surface area contributed by atoms with Crippen molar-refractivity contribution in [1.29, 1.82) is 0 Å². The van der Waals surface area contributed by atoms with E-state index in [0.717, 1.165) is 5.56 Å². The molecule has 3 aromatic rings. The van der Waals surface area contributed by atoms with Crippen LogP contribution in [0.1, 0.15) is 16.1 Å². The van der Waals surface area contributed by atoms with Crippen LogP contribution in [0.3, 0.4) is 0 Å². The third-order valence-corrected chi connectivity index (χ3v) is 3.44. The lowest BCUT2D eigenvalue weighted by molar-refractivity contribution is 0.0917. The molecule has 0 spiro atoms. The summed E-state index contributed by atoms with van der Waals surface area (Å²) in [4.78, 5) is 12.0. The van der Waals surface area contributed by atoms with Crippen molar-refractivity contribution in [1.82, 2.24) is 10.5 Å². The summed E-state index contributed by atoms with van der Waals surface area (Å²) < 4.78 is 18.6. The maximum atomic E-state index is 13.5. The van der Waals surface area contributed by atoms with Crippen LogP contribution in [0.15, 0.2) is 65.2 Å². The van der Waals surface area contributed by atoms with Crippen molar-refractivity contribution in [3.05, 3.63) is 77.8 Å². The van der Waals surface area contributed by atoms with Crippen molar-refractivity contribution < 1.29 is 13.7 Å². The molecular weight excluding hydrogens is 295 g/mol. The van der Waals surface area contributed by atoms with Crippen molar-refractivity contribution in [3.8, 4) is 11.3 Å². The van der Waals surface area contributed by atoms with Gasteiger partial charge in [0.05, 0.1) is 0 Å². The van der Waals surface area contributed by atoms with E-state index in [1.807, 2.05) is 30.3 Å². The van der Waals surface area contributed by atoms with E-state index < -0.39 is 0 Å². The standard InChI is InChI=1S/C18H15FN2O2/c19-15-9-5-4-6-13(15)10-11-20-18(22)17-12-16(21-23-17)14-7-2-1-3-8-14/h1-9,12H,10-11H2,(H,20,22). The number of carbonyl (C=O) groups is 1. The number of carbonyl (C=O) groups excluding carboxylic acids is 1. The van der Waals surface area contributed by atoms with Crippen LogP contribution in [0.4, 0.5) is 4.39 Å². The first kappa shape index (κ1) is 15.0. The van der Waals surface area contributed by atoms with Crippen molar-refractivity contribution in [3.63, 3.8) is 0 Å². The van der Waals surface area contributed by atoms with Gasteiger partial charge in [-0.15, -0.1) is 0 Å². The normalized spacial score (nSPS) is 10.5. The smallest absolute Gasteiger partial charge is 0.289 e. The maximum absolute atomic E-state index is 13.5. The number of benzene rings is 2. The van der Waals surface area contributed by atoms with Crippen molar-refractivity contribution >= 4 is 5.91 Å². The van der Waals surface area contributed by atoms with E-state index in [1.165, 1.54) is 6.07 Å². The lowest BCUT2D eigenvalue weighted by Gasteiger charge is -2.04. The van der Waals surface area contributed by atoms with Crippen molar-refractivity contribution in [2.24, 2.45) is 0 Å². The molecule has 1 N–H and O–H groups in total. The Morgan fingerprint density at radius 3 is 2.61 bits per heavy atom. The van der Waals surface area contributed by atoms with Crippen molar-refractivity contribution in [2.45, 2.75) is 6.42 Å². The number of halogens is 1. The lowest BCUT2D eigenvalue weighted by Crippen LogP contribution is -2.25. The Morgan fingerprint density at radius 1 is 1.09 bits per heavy atom.